The molecule has 8 nitrogen and oxygen atoms in total. The van der Waals surface area contributed by atoms with Gasteiger partial charge in [-0.1, -0.05) is 12.1 Å². The van der Waals surface area contributed by atoms with Crippen LogP contribution in [-0.4, -0.2) is 36.5 Å². The predicted octanol–water partition coefficient (Wildman–Crippen LogP) is 0.994. The van der Waals surface area contributed by atoms with Crippen LogP contribution in [0.1, 0.15) is 5.56 Å². The fourth-order valence-electron chi connectivity index (χ4n) is 2.86. The molecule has 2 heterocycles. The largest absolute Gasteiger partial charge is 0.340 e. The first-order valence-electron chi connectivity index (χ1n) is 8.01. The molecule has 10 heteroatoms. The molecule has 0 unspecified atom stereocenters. The Morgan fingerprint density at radius 3 is 2.63 bits per heavy atom. The number of amides is 1. The van der Waals surface area contributed by atoms with Crippen LogP contribution in [0.4, 0.5) is 4.39 Å². The van der Waals surface area contributed by atoms with Gasteiger partial charge in [0.05, 0.1) is 0 Å². The van der Waals surface area contributed by atoms with Gasteiger partial charge < -0.3 is 4.90 Å². The molecule has 1 aromatic carbocycles. The minimum absolute atomic E-state index is 0.0899. The maximum atomic E-state index is 13.3. The molecule has 0 aliphatic rings. The second-order valence-corrected chi connectivity index (χ2v) is 6.93. The quantitative estimate of drug-likeness (QED) is 0.570. The van der Waals surface area contributed by atoms with E-state index in [0.29, 0.717) is 5.56 Å². The van der Waals surface area contributed by atoms with Crippen molar-refractivity contribution < 1.29 is 9.18 Å². The summed E-state index contributed by atoms with van der Waals surface area (Å²) in [6, 6.07) is 6.00. The van der Waals surface area contributed by atoms with Crippen molar-refractivity contribution in [1.82, 2.24) is 23.6 Å². The maximum absolute atomic E-state index is 13.3. The van der Waals surface area contributed by atoms with Gasteiger partial charge in [0, 0.05) is 27.7 Å². The van der Waals surface area contributed by atoms with Crippen molar-refractivity contribution in [2.75, 3.05) is 7.05 Å². The number of nitrogens with zero attached hydrogens (tertiary/aromatic N) is 5. The lowest BCUT2D eigenvalue weighted by atomic mass is 10.2. The number of carbonyl (C=O) groups excluding carboxylic acids is 1. The van der Waals surface area contributed by atoms with Crippen molar-refractivity contribution in [3.63, 3.8) is 0 Å². The van der Waals surface area contributed by atoms with Crippen LogP contribution in [0.15, 0.2) is 38.6 Å². The Morgan fingerprint density at radius 2 is 1.96 bits per heavy atom. The maximum Gasteiger partial charge on any atom is 0.332 e. The number of fused-ring (bicyclic) bond motifs is 1. The van der Waals surface area contributed by atoms with E-state index in [9.17, 15) is 18.8 Å². The second-order valence-electron chi connectivity index (χ2n) is 6.22. The number of benzene rings is 1. The smallest absolute Gasteiger partial charge is 0.332 e. The first-order valence-corrected chi connectivity index (χ1v) is 8.80. The van der Waals surface area contributed by atoms with Crippen molar-refractivity contribution >= 4 is 33.0 Å². The summed E-state index contributed by atoms with van der Waals surface area (Å²) in [5.41, 5.74) is -0.0500. The molecule has 0 saturated carbocycles. The van der Waals surface area contributed by atoms with Crippen LogP contribution in [0, 0.1) is 5.82 Å². The molecule has 27 heavy (non-hydrogen) atoms. The molecular formula is C17H17BrFN5O3. The number of halogens is 2. The summed E-state index contributed by atoms with van der Waals surface area (Å²) in [6.45, 7) is 0.0882. The van der Waals surface area contributed by atoms with E-state index in [-0.39, 0.29) is 40.7 Å². The van der Waals surface area contributed by atoms with Gasteiger partial charge in [0.2, 0.25) is 5.91 Å². The molecule has 1 amide bonds. The van der Waals surface area contributed by atoms with Crippen LogP contribution in [0.2, 0.25) is 0 Å². The molecule has 0 aliphatic heterocycles. The monoisotopic (exact) mass is 437 g/mol. The van der Waals surface area contributed by atoms with Crippen LogP contribution in [0.25, 0.3) is 11.2 Å². The normalized spacial score (nSPS) is 11.1. The number of aryl methyl sites for hydroxylation is 1. The first kappa shape index (κ1) is 19.0. The van der Waals surface area contributed by atoms with Gasteiger partial charge >= 0.3 is 5.69 Å². The number of rotatable bonds is 4. The highest BCUT2D eigenvalue weighted by Gasteiger charge is 2.20. The van der Waals surface area contributed by atoms with E-state index in [2.05, 4.69) is 20.9 Å². The van der Waals surface area contributed by atoms with Gasteiger partial charge in [-0.25, -0.2) is 14.2 Å². The third kappa shape index (κ3) is 3.44. The minimum Gasteiger partial charge on any atom is -0.340 e. The Kier molecular flexibility index (Phi) is 5.01. The van der Waals surface area contributed by atoms with E-state index < -0.39 is 11.2 Å². The molecule has 0 atom stereocenters. The number of carbonyl (C=O) groups is 1. The molecule has 0 bridgehead atoms. The first-order chi connectivity index (χ1) is 12.7. The average molecular weight is 438 g/mol. The molecule has 3 aromatic rings. The fourth-order valence-corrected chi connectivity index (χ4v) is 3.33. The van der Waals surface area contributed by atoms with Gasteiger partial charge in [0.15, 0.2) is 15.9 Å². The molecule has 142 valence electrons. The van der Waals surface area contributed by atoms with Crippen molar-refractivity contribution in [1.29, 1.82) is 0 Å². The fraction of sp³-hybridized carbons (Fsp3) is 0.294. The topological polar surface area (TPSA) is 82.1 Å². The molecule has 0 radical (unpaired) electrons. The van der Waals surface area contributed by atoms with Crippen LogP contribution in [0.3, 0.4) is 0 Å². The van der Waals surface area contributed by atoms with E-state index in [4.69, 9.17) is 0 Å². The molecule has 0 spiro atoms. The predicted molar refractivity (Wildman–Crippen MR) is 101 cm³/mol. The lowest BCUT2D eigenvalue weighted by Gasteiger charge is -2.18. The average Bonchev–Trinajstić information content (AvgIpc) is 2.94. The van der Waals surface area contributed by atoms with Gasteiger partial charge in [-0.15, -0.1) is 0 Å². The third-order valence-electron chi connectivity index (χ3n) is 4.32. The van der Waals surface area contributed by atoms with Crippen LogP contribution in [-0.2, 0) is 32.0 Å². The minimum atomic E-state index is -0.534. The second kappa shape index (κ2) is 7.10. The molecule has 2 aromatic heterocycles. The molecule has 0 fully saturated rings. The summed E-state index contributed by atoms with van der Waals surface area (Å²) < 4.78 is 17.3. The summed E-state index contributed by atoms with van der Waals surface area (Å²) in [4.78, 5) is 42.7. The zero-order valence-corrected chi connectivity index (χ0v) is 16.5. The van der Waals surface area contributed by atoms with E-state index in [0.717, 1.165) is 4.57 Å². The van der Waals surface area contributed by atoms with Crippen molar-refractivity contribution in [3.8, 4) is 0 Å². The van der Waals surface area contributed by atoms with Gasteiger partial charge in [0.25, 0.3) is 5.56 Å². The lowest BCUT2D eigenvalue weighted by molar-refractivity contribution is -0.131. The van der Waals surface area contributed by atoms with E-state index >= 15 is 0 Å². The van der Waals surface area contributed by atoms with E-state index in [1.54, 1.807) is 19.2 Å². The molecule has 3 rings (SSSR count). The van der Waals surface area contributed by atoms with Gasteiger partial charge in [-0.2, -0.15) is 0 Å². The van der Waals surface area contributed by atoms with E-state index in [1.165, 1.54) is 40.3 Å². The number of likely N-dealkylation sites (N-methyl/N-ethyl adjacent to an activating group) is 1. The van der Waals surface area contributed by atoms with Crippen LogP contribution in [0.5, 0.6) is 0 Å². The van der Waals surface area contributed by atoms with Gasteiger partial charge in [-0.3, -0.25) is 23.3 Å². The highest BCUT2D eigenvalue weighted by Crippen LogP contribution is 2.17. The number of imidazole rings is 1. The number of hydrogen-bond donors (Lipinski definition) is 0. The highest BCUT2D eigenvalue weighted by molar-refractivity contribution is 9.10. The third-order valence-corrected chi connectivity index (χ3v) is 4.93. The Morgan fingerprint density at radius 1 is 1.26 bits per heavy atom. The Labute approximate surface area is 161 Å². The SMILES string of the molecule is CN(Cc1cccc(F)c1)C(=O)Cn1c(Br)nc2c(=O)n(C)c(=O)n(C)c21. The van der Waals surface area contributed by atoms with Crippen molar-refractivity contribution in [2.24, 2.45) is 14.1 Å². The Bertz CT molecular complexity index is 1160. The molecular weight excluding hydrogens is 421 g/mol. The highest BCUT2D eigenvalue weighted by atomic mass is 79.9. The van der Waals surface area contributed by atoms with Crippen molar-refractivity contribution in [3.05, 3.63) is 61.2 Å². The Hall–Kier alpha value is -2.75. The van der Waals surface area contributed by atoms with Gasteiger partial charge in [0.1, 0.15) is 12.4 Å². The summed E-state index contributed by atoms with van der Waals surface area (Å²) in [5, 5.41) is 0. The number of aromatic nitrogens is 4. The molecule has 0 saturated heterocycles. The summed E-state index contributed by atoms with van der Waals surface area (Å²) in [5.74, 6) is -0.657. The van der Waals surface area contributed by atoms with Gasteiger partial charge in [-0.05, 0) is 33.6 Å². The Balaban J connectivity index is 1.94. The zero-order valence-electron chi connectivity index (χ0n) is 14.9. The van der Waals surface area contributed by atoms with Crippen LogP contribution >= 0.6 is 15.9 Å². The standard InChI is InChI=1S/C17H17BrFN5O3/c1-21(8-10-5-4-6-11(19)7-10)12(25)9-24-14-13(20-16(24)18)15(26)23(3)17(27)22(14)2/h4-7H,8-9H2,1-3H3. The summed E-state index contributed by atoms with van der Waals surface area (Å²) >= 11 is 3.25. The number of hydrogen-bond acceptors (Lipinski definition) is 4. The van der Waals surface area contributed by atoms with Crippen LogP contribution < -0.4 is 11.2 Å². The molecule has 0 N–H and O–H groups in total. The van der Waals surface area contributed by atoms with E-state index in [1.807, 2.05) is 0 Å². The molecule has 0 aliphatic carbocycles. The summed E-state index contributed by atoms with van der Waals surface area (Å²) in [7, 11) is 4.48. The summed E-state index contributed by atoms with van der Waals surface area (Å²) in [6.07, 6.45) is 0. The zero-order chi connectivity index (χ0) is 19.9. The van der Waals surface area contributed by atoms with Crippen molar-refractivity contribution in [2.45, 2.75) is 13.1 Å². The lowest BCUT2D eigenvalue weighted by Crippen LogP contribution is -2.38.